The molecule has 9 nitrogen and oxygen atoms in total. The second-order valence-corrected chi connectivity index (χ2v) is 10.8. The van der Waals surface area contributed by atoms with Crippen molar-refractivity contribution >= 4 is 29.3 Å². The van der Waals surface area contributed by atoms with Gasteiger partial charge in [-0.05, 0) is 36.3 Å². The maximum atomic E-state index is 13.9. The molecule has 4 rings (SSSR count). The molecule has 180 valence electrons. The summed E-state index contributed by atoms with van der Waals surface area (Å²) < 4.78 is 0. The molecular formula is C25H31N5O4. The van der Waals surface area contributed by atoms with E-state index in [9.17, 15) is 24.4 Å². The minimum atomic E-state index is -1.01. The van der Waals surface area contributed by atoms with Crippen LogP contribution in [0.25, 0.3) is 0 Å². The lowest BCUT2D eigenvalue weighted by Crippen LogP contribution is -2.55. The average Bonchev–Trinajstić information content (AvgIpc) is 3.44. The summed E-state index contributed by atoms with van der Waals surface area (Å²) in [6.45, 7) is 5.89. The summed E-state index contributed by atoms with van der Waals surface area (Å²) in [7, 11) is 1.45. The Hall–Kier alpha value is -3.41. The first kappa shape index (κ1) is 23.7. The number of para-hydroxylation sites is 1. The number of fused-ring (bicyclic) bond motifs is 2. The highest BCUT2D eigenvalue weighted by Gasteiger charge is 2.57. The van der Waals surface area contributed by atoms with E-state index in [1.165, 1.54) is 16.8 Å². The molecule has 2 N–H and O–H groups in total. The maximum absolute atomic E-state index is 13.9. The van der Waals surface area contributed by atoms with E-state index in [0.717, 1.165) is 18.4 Å². The van der Waals surface area contributed by atoms with Gasteiger partial charge in [0.15, 0.2) is 0 Å². The molecule has 3 atom stereocenters. The van der Waals surface area contributed by atoms with Crippen LogP contribution < -0.4 is 10.6 Å². The molecule has 1 spiro atoms. The van der Waals surface area contributed by atoms with Crippen molar-refractivity contribution in [1.29, 1.82) is 5.26 Å². The quantitative estimate of drug-likeness (QED) is 0.653. The summed E-state index contributed by atoms with van der Waals surface area (Å²) in [6, 6.07) is 7.75. The van der Waals surface area contributed by atoms with Crippen LogP contribution in [0, 0.1) is 16.7 Å². The Morgan fingerprint density at radius 1 is 1.29 bits per heavy atom. The number of hydrogen-bond acceptors (Lipinski definition) is 5. The average molecular weight is 466 g/mol. The van der Waals surface area contributed by atoms with Crippen molar-refractivity contribution in [3.63, 3.8) is 0 Å². The van der Waals surface area contributed by atoms with Gasteiger partial charge in [-0.25, -0.2) is 0 Å². The van der Waals surface area contributed by atoms with Crippen molar-refractivity contribution in [2.75, 3.05) is 18.9 Å². The minimum absolute atomic E-state index is 0.0176. The smallest absolute Gasteiger partial charge is 0.312 e. The van der Waals surface area contributed by atoms with Crippen LogP contribution >= 0.6 is 0 Å². The van der Waals surface area contributed by atoms with Crippen LogP contribution in [0.3, 0.4) is 0 Å². The number of nitrogens with one attached hydrogen (secondary N) is 2. The van der Waals surface area contributed by atoms with E-state index < -0.39 is 35.2 Å². The number of nitriles is 1. The molecule has 1 saturated heterocycles. The van der Waals surface area contributed by atoms with Gasteiger partial charge in [0.05, 0.1) is 11.5 Å². The molecule has 2 aliphatic heterocycles. The van der Waals surface area contributed by atoms with Crippen LogP contribution in [0.1, 0.15) is 52.0 Å². The molecule has 0 radical (unpaired) electrons. The molecule has 2 heterocycles. The SMILES string of the molecule is CN(C(=O)C(=O)NC1CC1)[C@@H](CC(C)(C)C)C(=O)N1C[C@]2(C[C@H]1C#N)C(=O)Nc1ccccc12. The summed E-state index contributed by atoms with van der Waals surface area (Å²) in [5.41, 5.74) is 0.119. The normalized spacial score (nSPS) is 24.3. The van der Waals surface area contributed by atoms with E-state index in [2.05, 4.69) is 16.7 Å². The molecule has 1 aromatic carbocycles. The number of hydrogen-bond donors (Lipinski definition) is 2. The Morgan fingerprint density at radius 3 is 2.59 bits per heavy atom. The predicted octanol–water partition coefficient (Wildman–Crippen LogP) is 1.54. The zero-order valence-electron chi connectivity index (χ0n) is 20.1. The molecule has 3 aliphatic rings. The fourth-order valence-corrected chi connectivity index (χ4v) is 4.92. The molecule has 34 heavy (non-hydrogen) atoms. The molecule has 1 aromatic rings. The van der Waals surface area contributed by atoms with Gasteiger partial charge in [-0.1, -0.05) is 39.0 Å². The van der Waals surface area contributed by atoms with Gasteiger partial charge in [0.2, 0.25) is 11.8 Å². The first-order chi connectivity index (χ1) is 16.0. The summed E-state index contributed by atoms with van der Waals surface area (Å²) in [5, 5.41) is 15.5. The molecule has 0 aromatic heterocycles. The van der Waals surface area contributed by atoms with Gasteiger partial charge in [-0.15, -0.1) is 0 Å². The molecule has 4 amide bonds. The first-order valence-corrected chi connectivity index (χ1v) is 11.7. The molecule has 2 fully saturated rings. The summed E-state index contributed by atoms with van der Waals surface area (Å²) in [5.74, 6) is -2.16. The number of rotatable bonds is 4. The van der Waals surface area contributed by atoms with Gasteiger partial charge in [0, 0.05) is 31.7 Å². The number of carbonyl (C=O) groups is 4. The third kappa shape index (κ3) is 4.25. The third-order valence-corrected chi connectivity index (χ3v) is 6.90. The van der Waals surface area contributed by atoms with Crippen LogP contribution in [0.15, 0.2) is 24.3 Å². The molecule has 1 saturated carbocycles. The molecule has 1 aliphatic carbocycles. The summed E-state index contributed by atoms with van der Waals surface area (Å²) in [6.07, 6.45) is 2.17. The Kier molecular flexibility index (Phi) is 5.88. The zero-order valence-corrected chi connectivity index (χ0v) is 20.1. The zero-order chi connectivity index (χ0) is 24.8. The van der Waals surface area contributed by atoms with Gasteiger partial charge in [-0.3, -0.25) is 19.2 Å². The van der Waals surface area contributed by atoms with Crippen molar-refractivity contribution in [3.05, 3.63) is 29.8 Å². The third-order valence-electron chi connectivity index (χ3n) is 6.90. The van der Waals surface area contributed by atoms with Crippen LogP contribution in [-0.4, -0.2) is 65.1 Å². The molecule has 0 unspecified atom stereocenters. The number of carbonyl (C=O) groups excluding carboxylic acids is 4. The second kappa shape index (κ2) is 8.42. The molecule has 0 bridgehead atoms. The second-order valence-electron chi connectivity index (χ2n) is 10.8. The van der Waals surface area contributed by atoms with E-state index in [1.807, 2.05) is 39.0 Å². The van der Waals surface area contributed by atoms with Gasteiger partial charge < -0.3 is 20.4 Å². The van der Waals surface area contributed by atoms with Crippen molar-refractivity contribution < 1.29 is 19.2 Å². The fraction of sp³-hybridized carbons (Fsp3) is 0.560. The van der Waals surface area contributed by atoms with Gasteiger partial charge in [-0.2, -0.15) is 5.26 Å². The highest BCUT2D eigenvalue weighted by atomic mass is 16.2. The number of likely N-dealkylation sites (tertiary alicyclic amines) is 1. The number of amides is 4. The van der Waals surface area contributed by atoms with E-state index in [1.54, 1.807) is 6.07 Å². The highest BCUT2D eigenvalue weighted by molar-refractivity contribution is 6.35. The Bertz CT molecular complexity index is 1080. The van der Waals surface area contributed by atoms with Crippen molar-refractivity contribution in [3.8, 4) is 6.07 Å². The van der Waals surface area contributed by atoms with Gasteiger partial charge >= 0.3 is 11.8 Å². The van der Waals surface area contributed by atoms with Crippen LogP contribution in [0.2, 0.25) is 0 Å². The Balaban J connectivity index is 1.63. The van der Waals surface area contributed by atoms with Crippen molar-refractivity contribution in [2.24, 2.45) is 5.41 Å². The first-order valence-electron chi connectivity index (χ1n) is 11.7. The lowest BCUT2D eigenvalue weighted by Gasteiger charge is -2.35. The Labute approximate surface area is 199 Å². The van der Waals surface area contributed by atoms with E-state index in [4.69, 9.17) is 0 Å². The van der Waals surface area contributed by atoms with Gasteiger partial charge in [0.25, 0.3) is 0 Å². The standard InChI is InChI=1S/C25H31N5O4/c1-24(2,3)12-19(29(4)22(33)20(31)27-15-9-10-15)21(32)30-14-25(11-16(30)13-26)17-7-5-6-8-18(17)28-23(25)34/h5-8,15-16,19H,9-12,14H2,1-4H3,(H,27,31)(H,28,34)/t16-,19-,25-/m0/s1. The lowest BCUT2D eigenvalue weighted by molar-refractivity contribution is -0.151. The maximum Gasteiger partial charge on any atom is 0.312 e. The van der Waals surface area contributed by atoms with Crippen LogP contribution in [-0.2, 0) is 24.6 Å². The van der Waals surface area contributed by atoms with Crippen molar-refractivity contribution in [2.45, 2.75) is 70.0 Å². The predicted molar refractivity (Wildman–Crippen MR) is 124 cm³/mol. The number of nitrogens with zero attached hydrogens (tertiary/aromatic N) is 3. The Morgan fingerprint density at radius 2 is 1.97 bits per heavy atom. The van der Waals surface area contributed by atoms with Crippen molar-refractivity contribution in [1.82, 2.24) is 15.1 Å². The number of likely N-dealkylation sites (N-methyl/N-ethyl adjacent to an activating group) is 1. The summed E-state index contributed by atoms with van der Waals surface area (Å²) >= 11 is 0. The van der Waals surface area contributed by atoms with E-state index in [0.29, 0.717) is 12.1 Å². The minimum Gasteiger partial charge on any atom is -0.345 e. The number of anilines is 1. The molecule has 9 heteroatoms. The van der Waals surface area contributed by atoms with E-state index in [-0.39, 0.29) is 30.3 Å². The monoisotopic (exact) mass is 465 g/mol. The molecular weight excluding hydrogens is 434 g/mol. The van der Waals surface area contributed by atoms with Crippen LogP contribution in [0.5, 0.6) is 0 Å². The largest absolute Gasteiger partial charge is 0.345 e. The van der Waals surface area contributed by atoms with E-state index >= 15 is 0 Å². The van der Waals surface area contributed by atoms with Gasteiger partial charge in [0.1, 0.15) is 12.1 Å². The highest BCUT2D eigenvalue weighted by Crippen LogP contribution is 2.46. The summed E-state index contributed by atoms with van der Waals surface area (Å²) in [4.78, 5) is 54.8. The van der Waals surface area contributed by atoms with Crippen LogP contribution in [0.4, 0.5) is 5.69 Å². The fourth-order valence-electron chi connectivity index (χ4n) is 4.92. The topological polar surface area (TPSA) is 123 Å². The number of benzene rings is 1. The lowest BCUT2D eigenvalue weighted by atomic mass is 9.80.